The third-order valence-corrected chi connectivity index (χ3v) is 4.86. The number of hydrogen-bond donors (Lipinski definition) is 1. The molecule has 2 heterocycles. The molecule has 0 bridgehead atoms. The first-order valence-corrected chi connectivity index (χ1v) is 8.14. The first-order chi connectivity index (χ1) is 8.69. The van der Waals surface area contributed by atoms with Crippen molar-refractivity contribution in [2.45, 2.75) is 30.6 Å². The Balaban J connectivity index is 1.91. The van der Waals surface area contributed by atoms with Crippen LogP contribution in [0.2, 0.25) is 0 Å². The molecule has 0 amide bonds. The molecule has 0 aliphatic carbocycles. The van der Waals surface area contributed by atoms with Crippen molar-refractivity contribution in [1.82, 2.24) is 15.1 Å². The normalized spacial score (nSPS) is 21.3. The quantitative estimate of drug-likeness (QED) is 0.521. The molecule has 1 fully saturated rings. The van der Waals surface area contributed by atoms with Crippen LogP contribution in [0.25, 0.3) is 0 Å². The standard InChI is InChI=1S/C11H19N5S2/c1-8-4-3-5-16(7-8)10(12)13-6-9-14-15-11(17-2)18-9/h8H,3-7H2,1-2H3,(H2,12,13). The minimum atomic E-state index is 0.537. The fourth-order valence-corrected chi connectivity index (χ4v) is 3.27. The van der Waals surface area contributed by atoms with E-state index in [1.165, 1.54) is 12.8 Å². The monoisotopic (exact) mass is 285 g/mol. The molecule has 0 radical (unpaired) electrons. The van der Waals surface area contributed by atoms with Crippen molar-refractivity contribution in [1.29, 1.82) is 0 Å². The van der Waals surface area contributed by atoms with Crippen molar-refractivity contribution in [2.24, 2.45) is 16.6 Å². The molecule has 1 saturated heterocycles. The molecular weight excluding hydrogens is 266 g/mol. The average Bonchev–Trinajstić information content (AvgIpc) is 2.84. The molecule has 2 rings (SSSR count). The van der Waals surface area contributed by atoms with Crippen molar-refractivity contribution >= 4 is 29.1 Å². The molecule has 0 aromatic carbocycles. The lowest BCUT2D eigenvalue weighted by Crippen LogP contribution is -2.43. The van der Waals surface area contributed by atoms with Crippen LogP contribution < -0.4 is 5.73 Å². The van der Waals surface area contributed by atoms with Crippen LogP contribution in [0.3, 0.4) is 0 Å². The SMILES string of the molecule is CSc1nnc(CN=C(N)N2CCCC(C)C2)s1. The molecule has 5 nitrogen and oxygen atoms in total. The van der Waals surface area contributed by atoms with Crippen LogP contribution in [0, 0.1) is 5.92 Å². The predicted molar refractivity (Wildman–Crippen MR) is 77.0 cm³/mol. The molecule has 1 aromatic heterocycles. The second-order valence-corrected chi connectivity index (χ2v) is 6.65. The lowest BCUT2D eigenvalue weighted by atomic mass is 10.0. The van der Waals surface area contributed by atoms with E-state index in [0.717, 1.165) is 22.4 Å². The number of rotatable bonds is 3. The van der Waals surface area contributed by atoms with E-state index < -0.39 is 0 Å². The van der Waals surface area contributed by atoms with E-state index in [9.17, 15) is 0 Å². The molecule has 7 heteroatoms. The molecular formula is C11H19N5S2. The molecule has 0 spiro atoms. The van der Waals surface area contributed by atoms with E-state index in [1.54, 1.807) is 23.1 Å². The molecule has 100 valence electrons. The molecule has 1 aliphatic heterocycles. The Morgan fingerprint density at radius 1 is 1.61 bits per heavy atom. The number of aliphatic imine (C=N–C) groups is 1. The summed E-state index contributed by atoms with van der Waals surface area (Å²) >= 11 is 3.19. The van der Waals surface area contributed by atoms with Gasteiger partial charge in [0.1, 0.15) is 5.01 Å². The number of piperidine rings is 1. The molecule has 0 saturated carbocycles. The summed E-state index contributed by atoms with van der Waals surface area (Å²) < 4.78 is 0.977. The van der Waals surface area contributed by atoms with Gasteiger partial charge in [0.25, 0.3) is 0 Å². The smallest absolute Gasteiger partial charge is 0.191 e. The van der Waals surface area contributed by atoms with Crippen molar-refractivity contribution in [3.05, 3.63) is 5.01 Å². The topological polar surface area (TPSA) is 67.4 Å². The van der Waals surface area contributed by atoms with Crippen LogP contribution in [0.5, 0.6) is 0 Å². The number of nitrogens with two attached hydrogens (primary N) is 1. The summed E-state index contributed by atoms with van der Waals surface area (Å²) in [7, 11) is 0. The number of likely N-dealkylation sites (tertiary alicyclic amines) is 1. The zero-order chi connectivity index (χ0) is 13.0. The predicted octanol–water partition coefficient (Wildman–Crippen LogP) is 1.81. The molecule has 1 aliphatic rings. The largest absolute Gasteiger partial charge is 0.370 e. The fourth-order valence-electron chi connectivity index (χ4n) is 2.03. The average molecular weight is 285 g/mol. The van der Waals surface area contributed by atoms with Crippen LogP contribution in [-0.2, 0) is 6.54 Å². The van der Waals surface area contributed by atoms with Gasteiger partial charge in [0.15, 0.2) is 10.3 Å². The molecule has 1 unspecified atom stereocenters. The van der Waals surface area contributed by atoms with Gasteiger partial charge in [0.05, 0.1) is 6.54 Å². The Bertz CT molecular complexity index is 417. The highest BCUT2D eigenvalue weighted by Gasteiger charge is 2.17. The fraction of sp³-hybridized carbons (Fsp3) is 0.727. The van der Waals surface area contributed by atoms with Crippen molar-refractivity contribution in [2.75, 3.05) is 19.3 Å². The second kappa shape index (κ2) is 6.38. The van der Waals surface area contributed by atoms with E-state index in [0.29, 0.717) is 18.4 Å². The van der Waals surface area contributed by atoms with Gasteiger partial charge in [-0.15, -0.1) is 10.2 Å². The van der Waals surface area contributed by atoms with E-state index in [1.807, 2.05) is 6.26 Å². The third-order valence-electron chi connectivity index (χ3n) is 2.98. The highest BCUT2D eigenvalue weighted by molar-refractivity contribution is 8.00. The Kier molecular flexibility index (Phi) is 4.82. The van der Waals surface area contributed by atoms with Crippen LogP contribution in [-0.4, -0.2) is 40.4 Å². The first kappa shape index (κ1) is 13.6. The van der Waals surface area contributed by atoms with Crippen LogP contribution in [0.15, 0.2) is 9.33 Å². The van der Waals surface area contributed by atoms with Gasteiger partial charge in [-0.1, -0.05) is 30.0 Å². The summed E-state index contributed by atoms with van der Waals surface area (Å²) in [4.78, 5) is 6.59. The molecule has 2 N–H and O–H groups in total. The number of thioether (sulfide) groups is 1. The van der Waals surface area contributed by atoms with E-state index in [2.05, 4.69) is 27.0 Å². The van der Waals surface area contributed by atoms with Gasteiger partial charge in [-0.3, -0.25) is 0 Å². The summed E-state index contributed by atoms with van der Waals surface area (Å²) in [5.74, 6) is 1.35. The Morgan fingerprint density at radius 2 is 2.44 bits per heavy atom. The van der Waals surface area contributed by atoms with Crippen molar-refractivity contribution < 1.29 is 0 Å². The van der Waals surface area contributed by atoms with Crippen molar-refractivity contribution in [3.63, 3.8) is 0 Å². The minimum absolute atomic E-state index is 0.537. The maximum atomic E-state index is 6.02. The van der Waals surface area contributed by atoms with Gasteiger partial charge in [-0.2, -0.15) is 0 Å². The first-order valence-electron chi connectivity index (χ1n) is 6.10. The number of nitrogens with zero attached hydrogens (tertiary/aromatic N) is 4. The maximum absolute atomic E-state index is 6.02. The van der Waals surface area contributed by atoms with Gasteiger partial charge in [-0.25, -0.2) is 4.99 Å². The highest BCUT2D eigenvalue weighted by Crippen LogP contribution is 2.20. The number of hydrogen-bond acceptors (Lipinski definition) is 5. The summed E-state index contributed by atoms with van der Waals surface area (Å²) in [6, 6.07) is 0. The molecule has 1 atom stereocenters. The molecule has 1 aromatic rings. The van der Waals surface area contributed by atoms with Crippen LogP contribution >= 0.6 is 23.1 Å². The molecule has 18 heavy (non-hydrogen) atoms. The Labute approximate surface area is 116 Å². The summed E-state index contributed by atoms with van der Waals surface area (Å²) in [6.07, 6.45) is 4.49. The van der Waals surface area contributed by atoms with E-state index in [-0.39, 0.29) is 0 Å². The Morgan fingerprint density at radius 3 is 3.11 bits per heavy atom. The Hall–Kier alpha value is -0.820. The number of guanidine groups is 1. The van der Waals surface area contributed by atoms with Gasteiger partial charge in [-0.05, 0) is 25.0 Å². The van der Waals surface area contributed by atoms with E-state index >= 15 is 0 Å². The van der Waals surface area contributed by atoms with Gasteiger partial charge in [0.2, 0.25) is 0 Å². The van der Waals surface area contributed by atoms with Crippen molar-refractivity contribution in [3.8, 4) is 0 Å². The van der Waals surface area contributed by atoms with Crippen LogP contribution in [0.4, 0.5) is 0 Å². The summed E-state index contributed by atoms with van der Waals surface area (Å²) in [6.45, 7) is 4.83. The van der Waals surface area contributed by atoms with Gasteiger partial charge < -0.3 is 10.6 Å². The van der Waals surface area contributed by atoms with E-state index in [4.69, 9.17) is 5.73 Å². The lowest BCUT2D eigenvalue weighted by Gasteiger charge is -2.31. The minimum Gasteiger partial charge on any atom is -0.370 e. The van der Waals surface area contributed by atoms with Crippen LogP contribution in [0.1, 0.15) is 24.8 Å². The van der Waals surface area contributed by atoms with Gasteiger partial charge >= 0.3 is 0 Å². The number of aromatic nitrogens is 2. The highest BCUT2D eigenvalue weighted by atomic mass is 32.2. The summed E-state index contributed by atoms with van der Waals surface area (Å²) in [5.41, 5.74) is 6.02. The maximum Gasteiger partial charge on any atom is 0.191 e. The second-order valence-electron chi connectivity index (χ2n) is 4.53. The zero-order valence-corrected chi connectivity index (χ0v) is 12.4. The lowest BCUT2D eigenvalue weighted by molar-refractivity contribution is 0.270. The zero-order valence-electron chi connectivity index (χ0n) is 10.8. The van der Waals surface area contributed by atoms with Gasteiger partial charge in [0, 0.05) is 13.1 Å². The third kappa shape index (κ3) is 3.58. The summed E-state index contributed by atoms with van der Waals surface area (Å²) in [5, 5.41) is 9.05.